The van der Waals surface area contributed by atoms with Crippen LogP contribution < -0.4 is 10.6 Å². The van der Waals surface area contributed by atoms with Crippen LogP contribution in [0.2, 0.25) is 5.02 Å². The van der Waals surface area contributed by atoms with Crippen LogP contribution >= 0.6 is 11.6 Å². The summed E-state index contributed by atoms with van der Waals surface area (Å²) < 4.78 is 0. The van der Waals surface area contributed by atoms with E-state index in [1.807, 2.05) is 26.0 Å². The average molecular weight is 386 g/mol. The smallest absolute Gasteiger partial charge is 0.324 e. The summed E-state index contributed by atoms with van der Waals surface area (Å²) >= 11 is 5.95. The lowest BCUT2D eigenvalue weighted by molar-refractivity contribution is -0.133. The summed E-state index contributed by atoms with van der Waals surface area (Å²) in [5, 5.41) is 5.87. The second-order valence-corrected chi connectivity index (χ2v) is 7.26. The quantitative estimate of drug-likeness (QED) is 0.792. The van der Waals surface area contributed by atoms with Gasteiger partial charge in [0.2, 0.25) is 5.91 Å². The molecule has 6 nitrogen and oxygen atoms in total. The molecule has 1 aliphatic heterocycles. The summed E-state index contributed by atoms with van der Waals surface area (Å²) in [6, 6.07) is 11.9. The number of anilines is 1. The highest BCUT2D eigenvalue weighted by molar-refractivity contribution is 6.31. The van der Waals surface area contributed by atoms with Crippen LogP contribution in [0, 0.1) is 13.8 Å². The molecule has 0 aromatic heterocycles. The number of nitrogens with one attached hydrogen (secondary N) is 2. The zero-order valence-corrected chi connectivity index (χ0v) is 16.1. The van der Waals surface area contributed by atoms with Crippen molar-refractivity contribution in [2.45, 2.75) is 26.3 Å². The number of amides is 4. The molecule has 7 heteroatoms. The molecule has 3 rings (SSSR count). The fourth-order valence-corrected chi connectivity index (χ4v) is 3.16. The summed E-state index contributed by atoms with van der Waals surface area (Å²) in [7, 11) is 0. The van der Waals surface area contributed by atoms with Crippen molar-refractivity contribution in [3.05, 3.63) is 64.2 Å². The van der Waals surface area contributed by atoms with Crippen molar-refractivity contribution in [1.29, 1.82) is 0 Å². The lowest BCUT2D eigenvalue weighted by Gasteiger charge is -2.22. The number of nitrogens with zero attached hydrogens (tertiary/aromatic N) is 1. The van der Waals surface area contributed by atoms with Crippen LogP contribution in [-0.2, 0) is 15.1 Å². The van der Waals surface area contributed by atoms with Crippen LogP contribution in [0.3, 0.4) is 0 Å². The Morgan fingerprint density at radius 2 is 1.81 bits per heavy atom. The Kier molecular flexibility index (Phi) is 4.93. The molecule has 1 aliphatic rings. The molecule has 1 fully saturated rings. The molecule has 1 atom stereocenters. The van der Waals surface area contributed by atoms with E-state index >= 15 is 0 Å². The minimum atomic E-state index is -1.20. The van der Waals surface area contributed by atoms with Gasteiger partial charge < -0.3 is 10.6 Å². The van der Waals surface area contributed by atoms with Gasteiger partial charge in [-0.05, 0) is 44.0 Å². The van der Waals surface area contributed by atoms with Gasteiger partial charge in [0.25, 0.3) is 5.91 Å². The van der Waals surface area contributed by atoms with E-state index < -0.39 is 23.4 Å². The molecule has 2 N–H and O–H groups in total. The van der Waals surface area contributed by atoms with E-state index in [9.17, 15) is 14.4 Å². The molecular weight excluding hydrogens is 366 g/mol. The summed E-state index contributed by atoms with van der Waals surface area (Å²) in [6.07, 6.45) is 0. The van der Waals surface area contributed by atoms with Crippen LogP contribution in [0.4, 0.5) is 10.5 Å². The second kappa shape index (κ2) is 7.04. The first kappa shape index (κ1) is 18.9. The molecule has 0 aliphatic carbocycles. The Labute approximate surface area is 162 Å². The number of imide groups is 1. The number of urea groups is 1. The molecule has 4 amide bonds. The highest BCUT2D eigenvalue weighted by atomic mass is 35.5. The number of hydrogen-bond acceptors (Lipinski definition) is 3. The van der Waals surface area contributed by atoms with E-state index in [1.165, 1.54) is 0 Å². The van der Waals surface area contributed by atoms with Crippen LogP contribution in [0.5, 0.6) is 0 Å². The maximum atomic E-state index is 12.9. The number of carbonyl (C=O) groups excluding carboxylic acids is 3. The maximum Gasteiger partial charge on any atom is 0.325 e. The van der Waals surface area contributed by atoms with Crippen molar-refractivity contribution in [3.8, 4) is 0 Å². The number of rotatable bonds is 4. The minimum Gasteiger partial charge on any atom is -0.324 e. The second-order valence-electron chi connectivity index (χ2n) is 6.82. The molecule has 2 aromatic carbocycles. The molecule has 1 heterocycles. The van der Waals surface area contributed by atoms with Crippen molar-refractivity contribution >= 4 is 35.1 Å². The van der Waals surface area contributed by atoms with E-state index in [4.69, 9.17) is 11.6 Å². The van der Waals surface area contributed by atoms with E-state index in [0.717, 1.165) is 16.0 Å². The third-order valence-corrected chi connectivity index (χ3v) is 4.91. The number of halogens is 1. The van der Waals surface area contributed by atoms with Gasteiger partial charge >= 0.3 is 6.03 Å². The van der Waals surface area contributed by atoms with Gasteiger partial charge in [0.1, 0.15) is 12.1 Å². The Balaban J connectivity index is 1.76. The van der Waals surface area contributed by atoms with Gasteiger partial charge in [-0.2, -0.15) is 0 Å². The van der Waals surface area contributed by atoms with Gasteiger partial charge in [0, 0.05) is 10.7 Å². The molecular formula is C20H20ClN3O3. The first-order valence-electron chi connectivity index (χ1n) is 8.48. The van der Waals surface area contributed by atoms with E-state index in [-0.39, 0.29) is 6.54 Å². The molecule has 1 saturated heterocycles. The van der Waals surface area contributed by atoms with Crippen LogP contribution in [0.25, 0.3) is 0 Å². The van der Waals surface area contributed by atoms with Gasteiger partial charge in [-0.3, -0.25) is 14.5 Å². The van der Waals surface area contributed by atoms with Crippen molar-refractivity contribution in [2.24, 2.45) is 0 Å². The molecule has 0 saturated carbocycles. The molecule has 0 spiro atoms. The normalized spacial score (nSPS) is 19.2. The highest BCUT2D eigenvalue weighted by Crippen LogP contribution is 2.29. The van der Waals surface area contributed by atoms with Crippen LogP contribution in [0.15, 0.2) is 42.5 Å². The predicted molar refractivity (Wildman–Crippen MR) is 104 cm³/mol. The van der Waals surface area contributed by atoms with Gasteiger partial charge in [0.05, 0.1) is 0 Å². The molecule has 140 valence electrons. The Hall–Kier alpha value is -2.86. The first-order chi connectivity index (χ1) is 12.7. The van der Waals surface area contributed by atoms with Crippen LogP contribution in [0.1, 0.15) is 23.6 Å². The summed E-state index contributed by atoms with van der Waals surface area (Å²) in [6.45, 7) is 5.03. The minimum absolute atomic E-state index is 0.377. The number of hydrogen-bond donors (Lipinski definition) is 2. The lowest BCUT2D eigenvalue weighted by Crippen LogP contribution is -2.42. The van der Waals surface area contributed by atoms with E-state index in [0.29, 0.717) is 16.3 Å². The van der Waals surface area contributed by atoms with Gasteiger partial charge in [-0.1, -0.05) is 47.5 Å². The largest absolute Gasteiger partial charge is 0.325 e. The molecule has 1 unspecified atom stereocenters. The third kappa shape index (κ3) is 3.66. The van der Waals surface area contributed by atoms with Crippen molar-refractivity contribution in [2.75, 3.05) is 11.9 Å². The van der Waals surface area contributed by atoms with E-state index in [2.05, 4.69) is 10.6 Å². The maximum absolute atomic E-state index is 12.9. The fraction of sp³-hybridized carbons (Fsp3) is 0.250. The van der Waals surface area contributed by atoms with E-state index in [1.54, 1.807) is 37.3 Å². The van der Waals surface area contributed by atoms with Crippen molar-refractivity contribution in [3.63, 3.8) is 0 Å². The average Bonchev–Trinajstić information content (AvgIpc) is 2.83. The van der Waals surface area contributed by atoms with Gasteiger partial charge in [-0.25, -0.2) is 4.79 Å². The molecule has 27 heavy (non-hydrogen) atoms. The zero-order valence-electron chi connectivity index (χ0n) is 15.3. The number of carbonyl (C=O) groups is 3. The topological polar surface area (TPSA) is 78.5 Å². The third-order valence-electron chi connectivity index (χ3n) is 4.68. The van der Waals surface area contributed by atoms with Crippen molar-refractivity contribution < 1.29 is 14.4 Å². The highest BCUT2D eigenvalue weighted by Gasteiger charge is 2.49. The molecule has 2 aromatic rings. The number of aryl methyl sites for hydroxylation is 2. The Bertz CT molecular complexity index is 927. The Morgan fingerprint density at radius 3 is 2.48 bits per heavy atom. The fourth-order valence-electron chi connectivity index (χ4n) is 2.99. The molecule has 0 radical (unpaired) electrons. The monoisotopic (exact) mass is 385 g/mol. The SMILES string of the molecule is Cc1ccc(C2(C)NC(=O)N(CC(=O)Nc3cc(Cl)ccc3C)C2=O)cc1. The number of benzene rings is 2. The van der Waals surface area contributed by atoms with Gasteiger partial charge in [-0.15, -0.1) is 0 Å². The summed E-state index contributed by atoms with van der Waals surface area (Å²) in [5.41, 5.74) is 1.89. The van der Waals surface area contributed by atoms with Gasteiger partial charge in [0.15, 0.2) is 0 Å². The molecule has 0 bridgehead atoms. The lowest BCUT2D eigenvalue weighted by atomic mass is 9.91. The summed E-state index contributed by atoms with van der Waals surface area (Å²) in [4.78, 5) is 38.5. The predicted octanol–water partition coefficient (Wildman–Crippen LogP) is 3.36. The summed E-state index contributed by atoms with van der Waals surface area (Å²) in [5.74, 6) is -0.939. The van der Waals surface area contributed by atoms with Crippen molar-refractivity contribution in [1.82, 2.24) is 10.2 Å². The first-order valence-corrected chi connectivity index (χ1v) is 8.86. The standard InChI is InChI=1S/C20H20ClN3O3/c1-12-4-7-14(8-5-12)20(3)18(26)24(19(27)23-20)11-17(25)22-16-10-15(21)9-6-13(16)2/h4-10H,11H2,1-3H3,(H,22,25)(H,23,27). The Morgan fingerprint density at radius 1 is 1.15 bits per heavy atom. The van der Waals surface area contributed by atoms with Crippen LogP contribution in [-0.4, -0.2) is 29.3 Å². The zero-order chi connectivity index (χ0) is 19.8.